The number of aryl methyl sites for hydroxylation is 1. The number of hydrogen-bond acceptors (Lipinski definition) is 4. The molecule has 2 heterocycles. The van der Waals surface area contributed by atoms with E-state index in [0.717, 1.165) is 11.3 Å². The zero-order valence-corrected chi connectivity index (χ0v) is 11.2. The van der Waals surface area contributed by atoms with Crippen LogP contribution in [0.1, 0.15) is 11.3 Å². The van der Waals surface area contributed by atoms with E-state index in [9.17, 15) is 9.59 Å². The lowest BCUT2D eigenvalue weighted by Crippen LogP contribution is -2.51. The molecule has 0 spiro atoms. The van der Waals surface area contributed by atoms with Crippen LogP contribution in [0.4, 0.5) is 4.79 Å². The summed E-state index contributed by atoms with van der Waals surface area (Å²) in [6, 6.07) is 3.47. The Morgan fingerprint density at radius 2 is 2.35 bits per heavy atom. The molecular formula is C13H17N3O4. The van der Waals surface area contributed by atoms with Crippen molar-refractivity contribution in [1.82, 2.24) is 15.2 Å². The number of nitrogens with zero attached hydrogens (tertiary/aromatic N) is 2. The summed E-state index contributed by atoms with van der Waals surface area (Å²) >= 11 is 0. The van der Waals surface area contributed by atoms with Crippen LogP contribution in [0, 0.1) is 6.92 Å². The van der Waals surface area contributed by atoms with E-state index >= 15 is 0 Å². The van der Waals surface area contributed by atoms with Gasteiger partial charge >= 0.3 is 12.0 Å². The molecule has 1 aliphatic heterocycles. The summed E-state index contributed by atoms with van der Waals surface area (Å²) in [5, 5.41) is 11.6. The summed E-state index contributed by atoms with van der Waals surface area (Å²) < 4.78 is 5.06. The third-order valence-corrected chi connectivity index (χ3v) is 3.05. The maximum atomic E-state index is 12.0. The quantitative estimate of drug-likeness (QED) is 0.835. The number of aromatic nitrogens is 1. The van der Waals surface area contributed by atoms with Gasteiger partial charge in [0.25, 0.3) is 0 Å². The van der Waals surface area contributed by atoms with Gasteiger partial charge in [0.1, 0.15) is 0 Å². The smallest absolute Gasteiger partial charge is 0.334 e. The third kappa shape index (κ3) is 3.67. The van der Waals surface area contributed by atoms with E-state index in [-0.39, 0.29) is 19.2 Å². The molecule has 1 saturated heterocycles. The predicted octanol–water partition coefficient (Wildman–Crippen LogP) is 0.385. The lowest BCUT2D eigenvalue weighted by atomic mass is 10.2. The Morgan fingerprint density at radius 3 is 3.00 bits per heavy atom. The number of hydrogen-bond donors (Lipinski definition) is 2. The number of nitrogens with one attached hydrogen (secondary N) is 1. The minimum absolute atomic E-state index is 0.0628. The Hall–Kier alpha value is -2.15. The SMILES string of the molecule is Cc1ccc(CNC(=O)N2CCOC(C(=O)O)C2)cn1. The summed E-state index contributed by atoms with van der Waals surface area (Å²) in [5.41, 5.74) is 1.81. The maximum Gasteiger partial charge on any atom is 0.334 e. The van der Waals surface area contributed by atoms with E-state index in [1.54, 1.807) is 6.20 Å². The summed E-state index contributed by atoms with van der Waals surface area (Å²) in [7, 11) is 0. The number of carboxylic acids is 1. The zero-order chi connectivity index (χ0) is 14.5. The minimum atomic E-state index is -1.05. The van der Waals surface area contributed by atoms with Gasteiger partial charge in [-0.25, -0.2) is 9.59 Å². The van der Waals surface area contributed by atoms with Gasteiger partial charge in [-0.3, -0.25) is 4.98 Å². The van der Waals surface area contributed by atoms with E-state index in [2.05, 4.69) is 10.3 Å². The van der Waals surface area contributed by atoms with Crippen LogP contribution in [-0.4, -0.2) is 52.8 Å². The van der Waals surface area contributed by atoms with Crippen LogP contribution in [0.15, 0.2) is 18.3 Å². The first kappa shape index (κ1) is 14.3. The van der Waals surface area contributed by atoms with Gasteiger partial charge in [-0.05, 0) is 18.6 Å². The first-order valence-corrected chi connectivity index (χ1v) is 6.35. The normalized spacial score (nSPS) is 18.6. The Morgan fingerprint density at radius 1 is 1.55 bits per heavy atom. The highest BCUT2D eigenvalue weighted by Crippen LogP contribution is 2.06. The topological polar surface area (TPSA) is 91.8 Å². The van der Waals surface area contributed by atoms with Crippen LogP contribution >= 0.6 is 0 Å². The van der Waals surface area contributed by atoms with Crippen LogP contribution in [0.25, 0.3) is 0 Å². The van der Waals surface area contributed by atoms with E-state index in [1.807, 2.05) is 19.1 Å². The summed E-state index contributed by atoms with van der Waals surface area (Å²) in [6.07, 6.45) is 0.755. The molecule has 108 valence electrons. The molecule has 7 nitrogen and oxygen atoms in total. The van der Waals surface area contributed by atoms with Crippen LogP contribution < -0.4 is 5.32 Å². The van der Waals surface area contributed by atoms with Crippen molar-refractivity contribution >= 4 is 12.0 Å². The second-order valence-electron chi connectivity index (χ2n) is 4.61. The van der Waals surface area contributed by atoms with Crippen LogP contribution in [0.5, 0.6) is 0 Å². The predicted molar refractivity (Wildman–Crippen MR) is 70.2 cm³/mol. The number of carbonyl (C=O) groups is 2. The van der Waals surface area contributed by atoms with Crippen molar-refractivity contribution < 1.29 is 19.4 Å². The van der Waals surface area contributed by atoms with Gasteiger partial charge in [-0.15, -0.1) is 0 Å². The van der Waals surface area contributed by atoms with Crippen LogP contribution in [0.2, 0.25) is 0 Å². The molecule has 1 atom stereocenters. The lowest BCUT2D eigenvalue weighted by Gasteiger charge is -2.30. The van der Waals surface area contributed by atoms with E-state index in [0.29, 0.717) is 13.1 Å². The van der Waals surface area contributed by atoms with Crippen molar-refractivity contribution in [2.24, 2.45) is 0 Å². The fraction of sp³-hybridized carbons (Fsp3) is 0.462. The fourth-order valence-corrected chi connectivity index (χ4v) is 1.88. The first-order chi connectivity index (χ1) is 9.56. The molecule has 1 fully saturated rings. The Bertz CT molecular complexity index is 489. The Balaban J connectivity index is 1.85. The summed E-state index contributed by atoms with van der Waals surface area (Å²) in [6.45, 7) is 2.94. The van der Waals surface area contributed by atoms with Crippen molar-refractivity contribution in [3.63, 3.8) is 0 Å². The van der Waals surface area contributed by atoms with Crippen LogP contribution in [-0.2, 0) is 16.1 Å². The van der Waals surface area contributed by atoms with Gasteiger partial charge in [0, 0.05) is 25.0 Å². The number of pyridine rings is 1. The second kappa shape index (κ2) is 6.33. The van der Waals surface area contributed by atoms with Crippen molar-refractivity contribution in [3.05, 3.63) is 29.6 Å². The number of amides is 2. The number of morpholine rings is 1. The molecule has 20 heavy (non-hydrogen) atoms. The molecule has 0 radical (unpaired) electrons. The largest absolute Gasteiger partial charge is 0.479 e. The van der Waals surface area contributed by atoms with Gasteiger partial charge in [0.2, 0.25) is 0 Å². The third-order valence-electron chi connectivity index (χ3n) is 3.05. The van der Waals surface area contributed by atoms with E-state index < -0.39 is 12.1 Å². The van der Waals surface area contributed by atoms with Crippen molar-refractivity contribution in [2.45, 2.75) is 19.6 Å². The number of urea groups is 1. The molecule has 1 aliphatic rings. The van der Waals surface area contributed by atoms with Crippen molar-refractivity contribution in [3.8, 4) is 0 Å². The highest BCUT2D eigenvalue weighted by molar-refractivity contribution is 5.77. The minimum Gasteiger partial charge on any atom is -0.479 e. The van der Waals surface area contributed by atoms with Gasteiger partial charge in [-0.1, -0.05) is 6.07 Å². The standard InChI is InChI=1S/C13H17N3O4/c1-9-2-3-10(6-14-9)7-15-13(19)16-4-5-20-11(8-16)12(17)18/h2-3,6,11H,4-5,7-8H2,1H3,(H,15,19)(H,17,18). The molecule has 2 rings (SSSR count). The Kier molecular flexibility index (Phi) is 4.52. The number of rotatable bonds is 3. The molecule has 0 aromatic carbocycles. The number of carboxylic acid groups (broad SMARTS) is 1. The molecule has 0 saturated carbocycles. The lowest BCUT2D eigenvalue weighted by molar-refractivity contribution is -0.154. The molecule has 0 aliphatic carbocycles. The number of ether oxygens (including phenoxy) is 1. The monoisotopic (exact) mass is 279 g/mol. The zero-order valence-electron chi connectivity index (χ0n) is 11.2. The van der Waals surface area contributed by atoms with Gasteiger partial charge in [0.15, 0.2) is 6.10 Å². The highest BCUT2D eigenvalue weighted by atomic mass is 16.5. The Labute approximate surface area is 116 Å². The summed E-state index contributed by atoms with van der Waals surface area (Å²) in [4.78, 5) is 28.4. The molecular weight excluding hydrogens is 262 g/mol. The highest BCUT2D eigenvalue weighted by Gasteiger charge is 2.28. The molecule has 1 aromatic rings. The van der Waals surface area contributed by atoms with Gasteiger partial charge in [-0.2, -0.15) is 0 Å². The number of carbonyl (C=O) groups excluding carboxylic acids is 1. The molecule has 2 N–H and O–H groups in total. The fourth-order valence-electron chi connectivity index (χ4n) is 1.88. The average Bonchev–Trinajstić information content (AvgIpc) is 2.46. The molecule has 1 unspecified atom stereocenters. The van der Waals surface area contributed by atoms with Crippen molar-refractivity contribution in [2.75, 3.05) is 19.7 Å². The molecule has 7 heteroatoms. The maximum absolute atomic E-state index is 12.0. The van der Waals surface area contributed by atoms with Crippen molar-refractivity contribution in [1.29, 1.82) is 0 Å². The molecule has 0 bridgehead atoms. The summed E-state index contributed by atoms with van der Waals surface area (Å²) in [5.74, 6) is -1.05. The second-order valence-corrected chi connectivity index (χ2v) is 4.61. The van der Waals surface area contributed by atoms with Gasteiger partial charge < -0.3 is 20.1 Å². The van der Waals surface area contributed by atoms with Gasteiger partial charge in [0.05, 0.1) is 13.2 Å². The van der Waals surface area contributed by atoms with Crippen LogP contribution in [0.3, 0.4) is 0 Å². The number of aliphatic carboxylic acids is 1. The first-order valence-electron chi connectivity index (χ1n) is 6.35. The molecule has 1 aromatic heterocycles. The van der Waals surface area contributed by atoms with E-state index in [4.69, 9.17) is 9.84 Å². The average molecular weight is 279 g/mol. The molecule has 2 amide bonds. The van der Waals surface area contributed by atoms with E-state index in [1.165, 1.54) is 4.90 Å².